The Morgan fingerprint density at radius 1 is 1.30 bits per heavy atom. The fourth-order valence-corrected chi connectivity index (χ4v) is 2.05. The summed E-state index contributed by atoms with van der Waals surface area (Å²) in [6, 6.07) is 10.1. The van der Waals surface area contributed by atoms with Gasteiger partial charge in [0.1, 0.15) is 0 Å². The summed E-state index contributed by atoms with van der Waals surface area (Å²) >= 11 is 0. The van der Waals surface area contributed by atoms with Crippen molar-refractivity contribution in [2.75, 3.05) is 5.32 Å². The molecular formula is C14H16N6. The van der Waals surface area contributed by atoms with E-state index in [1.807, 2.05) is 24.3 Å². The standard InChI is InChI=1S/C14H16N6/c1-2-20-7-6-11(10-20)9-15-13-5-3-4-12(8-13)14-16-18-19-17-14/h3-8,10,15H,2,9H2,1H3,(H,16,17,18,19). The molecule has 0 atom stereocenters. The highest BCUT2D eigenvalue weighted by atomic mass is 15.5. The van der Waals surface area contributed by atoms with Crippen molar-refractivity contribution in [3.63, 3.8) is 0 Å². The van der Waals surface area contributed by atoms with Crippen LogP contribution in [0.5, 0.6) is 0 Å². The fraction of sp³-hybridized carbons (Fsp3) is 0.214. The molecule has 0 radical (unpaired) electrons. The molecule has 0 fully saturated rings. The molecule has 0 amide bonds. The van der Waals surface area contributed by atoms with E-state index in [2.05, 4.69) is 55.9 Å². The van der Waals surface area contributed by atoms with Crippen molar-refractivity contribution in [3.05, 3.63) is 48.3 Å². The van der Waals surface area contributed by atoms with Gasteiger partial charge in [-0.2, -0.15) is 5.21 Å². The summed E-state index contributed by atoms with van der Waals surface area (Å²) in [6.07, 6.45) is 4.24. The molecule has 1 aromatic carbocycles. The Morgan fingerprint density at radius 3 is 3.00 bits per heavy atom. The zero-order chi connectivity index (χ0) is 13.8. The average molecular weight is 268 g/mol. The highest BCUT2D eigenvalue weighted by molar-refractivity contribution is 5.61. The molecule has 3 rings (SSSR count). The van der Waals surface area contributed by atoms with Crippen LogP contribution in [-0.4, -0.2) is 25.2 Å². The number of tetrazole rings is 1. The number of hydrogen-bond donors (Lipinski definition) is 2. The van der Waals surface area contributed by atoms with Crippen LogP contribution in [0.1, 0.15) is 12.5 Å². The maximum atomic E-state index is 3.98. The van der Waals surface area contributed by atoms with Crippen molar-refractivity contribution in [3.8, 4) is 11.4 Å². The highest BCUT2D eigenvalue weighted by Crippen LogP contribution is 2.18. The molecule has 2 heterocycles. The van der Waals surface area contributed by atoms with Crippen molar-refractivity contribution in [1.29, 1.82) is 0 Å². The first-order valence-electron chi connectivity index (χ1n) is 6.57. The van der Waals surface area contributed by atoms with E-state index in [1.54, 1.807) is 0 Å². The summed E-state index contributed by atoms with van der Waals surface area (Å²) in [5.74, 6) is 0.603. The van der Waals surface area contributed by atoms with Crippen molar-refractivity contribution in [1.82, 2.24) is 25.2 Å². The smallest absolute Gasteiger partial charge is 0.204 e. The number of anilines is 1. The summed E-state index contributed by atoms with van der Waals surface area (Å²) in [5, 5.41) is 17.4. The summed E-state index contributed by atoms with van der Waals surface area (Å²) in [7, 11) is 0. The largest absolute Gasteiger partial charge is 0.381 e. The Bertz CT molecular complexity index is 671. The quantitative estimate of drug-likeness (QED) is 0.745. The first-order chi connectivity index (χ1) is 9.85. The normalized spacial score (nSPS) is 10.7. The van der Waals surface area contributed by atoms with Gasteiger partial charge in [-0.05, 0) is 35.9 Å². The molecule has 0 bridgehead atoms. The Morgan fingerprint density at radius 2 is 2.25 bits per heavy atom. The lowest BCUT2D eigenvalue weighted by molar-refractivity contribution is 0.766. The van der Waals surface area contributed by atoms with E-state index in [-0.39, 0.29) is 0 Å². The molecule has 2 N–H and O–H groups in total. The molecule has 6 nitrogen and oxygen atoms in total. The Kier molecular flexibility index (Phi) is 3.45. The molecule has 2 aromatic heterocycles. The van der Waals surface area contributed by atoms with Gasteiger partial charge in [0.2, 0.25) is 5.82 Å². The molecule has 3 aromatic rings. The van der Waals surface area contributed by atoms with Crippen LogP contribution in [0.15, 0.2) is 42.7 Å². The third kappa shape index (κ3) is 2.69. The molecule has 20 heavy (non-hydrogen) atoms. The second-order valence-electron chi connectivity index (χ2n) is 4.52. The Hall–Kier alpha value is -2.63. The first-order valence-corrected chi connectivity index (χ1v) is 6.57. The molecule has 0 saturated heterocycles. The van der Waals surface area contributed by atoms with Crippen molar-refractivity contribution >= 4 is 5.69 Å². The summed E-state index contributed by atoms with van der Waals surface area (Å²) in [5.41, 5.74) is 3.24. The molecule has 0 aliphatic heterocycles. The second-order valence-corrected chi connectivity index (χ2v) is 4.52. The molecule has 0 saturated carbocycles. The van der Waals surface area contributed by atoms with Crippen LogP contribution in [0.2, 0.25) is 0 Å². The van der Waals surface area contributed by atoms with Crippen LogP contribution < -0.4 is 5.32 Å². The van der Waals surface area contributed by atoms with E-state index in [1.165, 1.54) is 5.56 Å². The average Bonchev–Trinajstić information content (AvgIpc) is 3.17. The molecule has 102 valence electrons. The molecule has 0 aliphatic carbocycles. The van der Waals surface area contributed by atoms with Gasteiger partial charge in [0.05, 0.1) is 0 Å². The third-order valence-corrected chi connectivity index (χ3v) is 3.14. The van der Waals surface area contributed by atoms with Crippen LogP contribution in [-0.2, 0) is 13.1 Å². The van der Waals surface area contributed by atoms with E-state index in [9.17, 15) is 0 Å². The van der Waals surface area contributed by atoms with Crippen molar-refractivity contribution < 1.29 is 0 Å². The van der Waals surface area contributed by atoms with Gasteiger partial charge < -0.3 is 9.88 Å². The van der Waals surface area contributed by atoms with Crippen LogP contribution in [0.25, 0.3) is 11.4 Å². The summed E-state index contributed by atoms with van der Waals surface area (Å²) in [4.78, 5) is 0. The van der Waals surface area contributed by atoms with E-state index in [4.69, 9.17) is 0 Å². The maximum absolute atomic E-state index is 3.98. The number of H-pyrrole nitrogens is 1. The van der Waals surface area contributed by atoms with E-state index in [0.717, 1.165) is 24.3 Å². The van der Waals surface area contributed by atoms with Gasteiger partial charge >= 0.3 is 0 Å². The molecule has 6 heteroatoms. The van der Waals surface area contributed by atoms with Crippen molar-refractivity contribution in [2.45, 2.75) is 20.0 Å². The zero-order valence-electron chi connectivity index (χ0n) is 11.2. The van der Waals surface area contributed by atoms with Gasteiger partial charge in [-0.15, -0.1) is 10.2 Å². The maximum Gasteiger partial charge on any atom is 0.204 e. The fourth-order valence-electron chi connectivity index (χ4n) is 2.05. The number of aromatic nitrogens is 5. The number of aromatic amines is 1. The summed E-state index contributed by atoms with van der Waals surface area (Å²) < 4.78 is 2.16. The van der Waals surface area contributed by atoms with E-state index >= 15 is 0 Å². The highest BCUT2D eigenvalue weighted by Gasteiger charge is 2.03. The topological polar surface area (TPSA) is 71.4 Å². The lowest BCUT2D eigenvalue weighted by Crippen LogP contribution is -1.99. The van der Waals surface area contributed by atoms with Gasteiger partial charge in [-0.25, -0.2) is 0 Å². The monoisotopic (exact) mass is 268 g/mol. The summed E-state index contributed by atoms with van der Waals surface area (Å²) in [6.45, 7) is 3.92. The Balaban J connectivity index is 1.70. The van der Waals surface area contributed by atoms with E-state index < -0.39 is 0 Å². The predicted octanol–water partition coefficient (Wildman–Crippen LogP) is 2.30. The number of hydrogen-bond acceptors (Lipinski definition) is 4. The van der Waals surface area contributed by atoms with Crippen LogP contribution in [0.3, 0.4) is 0 Å². The minimum atomic E-state index is 0.603. The number of nitrogens with one attached hydrogen (secondary N) is 2. The van der Waals surface area contributed by atoms with Gasteiger partial charge in [-0.3, -0.25) is 0 Å². The minimum absolute atomic E-state index is 0.603. The van der Waals surface area contributed by atoms with Crippen LogP contribution in [0, 0.1) is 0 Å². The van der Waals surface area contributed by atoms with Gasteiger partial charge in [0.25, 0.3) is 0 Å². The van der Waals surface area contributed by atoms with Crippen molar-refractivity contribution in [2.24, 2.45) is 0 Å². The lowest BCUT2D eigenvalue weighted by Gasteiger charge is -2.06. The predicted molar refractivity (Wildman–Crippen MR) is 77.0 cm³/mol. The minimum Gasteiger partial charge on any atom is -0.381 e. The van der Waals surface area contributed by atoms with Gasteiger partial charge in [-0.1, -0.05) is 12.1 Å². The van der Waals surface area contributed by atoms with Crippen LogP contribution >= 0.6 is 0 Å². The number of aryl methyl sites for hydroxylation is 1. The molecule has 0 spiro atoms. The molecule has 0 unspecified atom stereocenters. The SMILES string of the molecule is CCn1ccc(CNc2cccc(-c3nn[nH]n3)c2)c1. The Labute approximate surface area is 116 Å². The molecular weight excluding hydrogens is 252 g/mol. The second kappa shape index (κ2) is 5.56. The lowest BCUT2D eigenvalue weighted by atomic mass is 10.2. The zero-order valence-corrected chi connectivity index (χ0v) is 11.2. The third-order valence-electron chi connectivity index (χ3n) is 3.14. The van der Waals surface area contributed by atoms with Gasteiger partial charge in [0, 0.05) is 36.7 Å². The number of nitrogens with zero attached hydrogens (tertiary/aromatic N) is 4. The molecule has 0 aliphatic rings. The number of rotatable bonds is 5. The van der Waals surface area contributed by atoms with E-state index in [0.29, 0.717) is 5.82 Å². The number of benzene rings is 1. The van der Waals surface area contributed by atoms with Crippen LogP contribution in [0.4, 0.5) is 5.69 Å². The first kappa shape index (κ1) is 12.4. The van der Waals surface area contributed by atoms with Gasteiger partial charge in [0.15, 0.2) is 0 Å².